The van der Waals surface area contributed by atoms with E-state index < -0.39 is 0 Å². The molecular weight excluding hydrogens is 354 g/mol. The van der Waals surface area contributed by atoms with Gasteiger partial charge in [0.1, 0.15) is 0 Å². The molecule has 7 heteroatoms. The minimum Gasteiger partial charge on any atom is -0.353 e. The molecule has 0 aliphatic heterocycles. The van der Waals surface area contributed by atoms with Crippen molar-refractivity contribution in [3.05, 3.63) is 48.3 Å². The lowest BCUT2D eigenvalue weighted by molar-refractivity contribution is -0.121. The van der Waals surface area contributed by atoms with Crippen LogP contribution in [-0.4, -0.2) is 46.3 Å². The van der Waals surface area contributed by atoms with E-state index >= 15 is 0 Å². The Morgan fingerprint density at radius 3 is 2.68 bits per heavy atom. The van der Waals surface area contributed by atoms with Crippen LogP contribution in [0.15, 0.2) is 42.7 Å². The molecule has 0 bridgehead atoms. The summed E-state index contributed by atoms with van der Waals surface area (Å²) in [4.78, 5) is 25.8. The summed E-state index contributed by atoms with van der Waals surface area (Å²) >= 11 is 0. The van der Waals surface area contributed by atoms with Gasteiger partial charge in [0.2, 0.25) is 5.91 Å². The van der Waals surface area contributed by atoms with Crippen LogP contribution in [0, 0.1) is 0 Å². The second kappa shape index (κ2) is 9.92. The minimum atomic E-state index is -0.196. The number of nitrogens with one attached hydrogen (secondary N) is 2. The standard InChI is InChI=1S/C21H29N5O2/c1-25(15-17-14-23-26(16-17)19-10-6-3-7-11-19)21(28)22-13-12-20(27)24-18-8-4-2-5-9-18/h3,6-7,10-11,14,16,18H,2,4-5,8-9,12-13,15H2,1H3,(H,22,28)(H,24,27). The monoisotopic (exact) mass is 383 g/mol. The van der Waals surface area contributed by atoms with Gasteiger partial charge in [-0.1, -0.05) is 37.5 Å². The van der Waals surface area contributed by atoms with E-state index in [9.17, 15) is 9.59 Å². The second-order valence-corrected chi connectivity index (χ2v) is 7.37. The summed E-state index contributed by atoms with van der Waals surface area (Å²) in [5, 5.41) is 10.2. The molecule has 28 heavy (non-hydrogen) atoms. The summed E-state index contributed by atoms with van der Waals surface area (Å²) < 4.78 is 1.79. The molecule has 0 spiro atoms. The van der Waals surface area contributed by atoms with E-state index in [-0.39, 0.29) is 11.9 Å². The highest BCUT2D eigenvalue weighted by atomic mass is 16.2. The lowest BCUT2D eigenvalue weighted by atomic mass is 9.95. The minimum absolute atomic E-state index is 0.0130. The fourth-order valence-electron chi connectivity index (χ4n) is 3.47. The molecule has 1 heterocycles. The highest BCUT2D eigenvalue weighted by Crippen LogP contribution is 2.17. The number of urea groups is 1. The number of carbonyl (C=O) groups is 2. The van der Waals surface area contributed by atoms with E-state index in [0.29, 0.717) is 25.6 Å². The zero-order chi connectivity index (χ0) is 19.8. The first-order valence-electron chi connectivity index (χ1n) is 9.99. The zero-order valence-electron chi connectivity index (χ0n) is 16.4. The first kappa shape index (κ1) is 19.9. The van der Waals surface area contributed by atoms with E-state index in [2.05, 4.69) is 15.7 Å². The Kier molecular flexibility index (Phi) is 7.06. The summed E-state index contributed by atoms with van der Waals surface area (Å²) in [7, 11) is 1.73. The van der Waals surface area contributed by atoms with E-state index in [1.165, 1.54) is 19.3 Å². The number of hydrogen-bond acceptors (Lipinski definition) is 3. The topological polar surface area (TPSA) is 79.3 Å². The Morgan fingerprint density at radius 1 is 1.18 bits per heavy atom. The van der Waals surface area contributed by atoms with Crippen LogP contribution in [-0.2, 0) is 11.3 Å². The maximum Gasteiger partial charge on any atom is 0.317 e. The number of rotatable bonds is 7. The predicted octanol–water partition coefficient (Wildman–Crippen LogP) is 2.85. The fraction of sp³-hybridized carbons (Fsp3) is 0.476. The Balaban J connectivity index is 1.38. The third-order valence-electron chi connectivity index (χ3n) is 5.02. The summed E-state index contributed by atoms with van der Waals surface area (Å²) in [6.07, 6.45) is 9.75. The van der Waals surface area contributed by atoms with E-state index in [1.54, 1.807) is 22.8 Å². The maximum atomic E-state index is 12.3. The number of aromatic nitrogens is 2. The van der Waals surface area contributed by atoms with E-state index in [0.717, 1.165) is 24.1 Å². The summed E-state index contributed by atoms with van der Waals surface area (Å²) in [6, 6.07) is 9.94. The first-order valence-corrected chi connectivity index (χ1v) is 9.99. The normalized spacial score (nSPS) is 14.5. The molecule has 0 atom stereocenters. The summed E-state index contributed by atoms with van der Waals surface area (Å²) in [5.74, 6) is 0.0130. The van der Waals surface area contributed by atoms with Crippen molar-refractivity contribution in [1.29, 1.82) is 0 Å². The molecule has 1 saturated carbocycles. The third-order valence-corrected chi connectivity index (χ3v) is 5.02. The quantitative estimate of drug-likeness (QED) is 0.772. The molecule has 1 fully saturated rings. The molecule has 1 aromatic carbocycles. The van der Waals surface area contributed by atoms with Gasteiger partial charge in [-0.05, 0) is 25.0 Å². The van der Waals surface area contributed by atoms with Crippen LogP contribution >= 0.6 is 0 Å². The molecule has 3 rings (SSSR count). The molecule has 0 saturated heterocycles. The molecular formula is C21H29N5O2. The van der Waals surface area contributed by atoms with Crippen LogP contribution < -0.4 is 10.6 Å². The lowest BCUT2D eigenvalue weighted by Crippen LogP contribution is -2.40. The molecule has 0 radical (unpaired) electrons. The predicted molar refractivity (Wildman–Crippen MR) is 108 cm³/mol. The van der Waals surface area contributed by atoms with Crippen molar-refractivity contribution in [3.63, 3.8) is 0 Å². The third kappa shape index (κ3) is 5.84. The molecule has 7 nitrogen and oxygen atoms in total. The van der Waals surface area contributed by atoms with Gasteiger partial charge in [0.15, 0.2) is 0 Å². The SMILES string of the molecule is CN(Cc1cnn(-c2ccccc2)c1)C(=O)NCCC(=O)NC1CCCCC1. The Morgan fingerprint density at radius 2 is 1.93 bits per heavy atom. The number of nitrogens with zero attached hydrogens (tertiary/aromatic N) is 3. The molecule has 1 aromatic heterocycles. The van der Waals surface area contributed by atoms with Crippen molar-refractivity contribution >= 4 is 11.9 Å². The molecule has 0 unspecified atom stereocenters. The number of para-hydroxylation sites is 1. The Bertz CT molecular complexity index is 768. The maximum absolute atomic E-state index is 12.3. The average molecular weight is 383 g/mol. The van der Waals surface area contributed by atoms with Gasteiger partial charge in [-0.15, -0.1) is 0 Å². The summed E-state index contributed by atoms with van der Waals surface area (Å²) in [5.41, 5.74) is 1.92. The highest BCUT2D eigenvalue weighted by Gasteiger charge is 2.16. The van der Waals surface area contributed by atoms with Crippen LogP contribution in [0.2, 0.25) is 0 Å². The van der Waals surface area contributed by atoms with Crippen molar-refractivity contribution < 1.29 is 9.59 Å². The van der Waals surface area contributed by atoms with Gasteiger partial charge < -0.3 is 15.5 Å². The highest BCUT2D eigenvalue weighted by molar-refractivity contribution is 5.78. The number of carbonyl (C=O) groups excluding carboxylic acids is 2. The smallest absolute Gasteiger partial charge is 0.317 e. The van der Waals surface area contributed by atoms with Gasteiger partial charge in [0.25, 0.3) is 0 Å². The Labute approximate surface area is 166 Å². The zero-order valence-corrected chi connectivity index (χ0v) is 16.4. The van der Waals surface area contributed by atoms with Gasteiger partial charge in [-0.2, -0.15) is 5.10 Å². The van der Waals surface area contributed by atoms with Crippen molar-refractivity contribution in [2.75, 3.05) is 13.6 Å². The second-order valence-electron chi connectivity index (χ2n) is 7.37. The van der Waals surface area contributed by atoms with Crippen LogP contribution in [0.25, 0.3) is 5.69 Å². The van der Waals surface area contributed by atoms with Crippen LogP contribution in [0.3, 0.4) is 0 Å². The number of amides is 3. The molecule has 150 valence electrons. The van der Waals surface area contributed by atoms with Crippen LogP contribution in [0.5, 0.6) is 0 Å². The first-order chi connectivity index (χ1) is 13.6. The van der Waals surface area contributed by atoms with Crippen LogP contribution in [0.4, 0.5) is 4.79 Å². The Hall–Kier alpha value is -2.83. The van der Waals surface area contributed by atoms with Gasteiger partial charge in [-0.3, -0.25) is 4.79 Å². The molecule has 1 aliphatic rings. The summed E-state index contributed by atoms with van der Waals surface area (Å²) in [6.45, 7) is 0.790. The fourth-order valence-corrected chi connectivity index (χ4v) is 3.47. The average Bonchev–Trinajstić information content (AvgIpc) is 3.18. The molecule has 1 aliphatic carbocycles. The molecule has 2 aromatic rings. The number of hydrogen-bond donors (Lipinski definition) is 2. The number of benzene rings is 1. The molecule has 2 N–H and O–H groups in total. The van der Waals surface area contributed by atoms with E-state index in [4.69, 9.17) is 0 Å². The molecule has 3 amide bonds. The van der Waals surface area contributed by atoms with Crippen LogP contribution in [0.1, 0.15) is 44.1 Å². The van der Waals surface area contributed by atoms with Gasteiger partial charge in [-0.25, -0.2) is 9.48 Å². The lowest BCUT2D eigenvalue weighted by Gasteiger charge is -2.23. The van der Waals surface area contributed by atoms with Crippen molar-refractivity contribution in [2.24, 2.45) is 0 Å². The van der Waals surface area contributed by atoms with E-state index in [1.807, 2.05) is 36.5 Å². The van der Waals surface area contributed by atoms with Crippen molar-refractivity contribution in [3.8, 4) is 5.69 Å². The van der Waals surface area contributed by atoms with Gasteiger partial charge >= 0.3 is 6.03 Å². The largest absolute Gasteiger partial charge is 0.353 e. The van der Waals surface area contributed by atoms with Crippen molar-refractivity contribution in [1.82, 2.24) is 25.3 Å². The van der Waals surface area contributed by atoms with Gasteiger partial charge in [0, 0.05) is 37.8 Å². The van der Waals surface area contributed by atoms with Crippen molar-refractivity contribution in [2.45, 2.75) is 51.1 Å². The van der Waals surface area contributed by atoms with Gasteiger partial charge in [0.05, 0.1) is 18.4 Å².